The number of sulfonamides is 1. The number of rotatable bonds is 8. The van der Waals surface area contributed by atoms with Crippen LogP contribution in [0.15, 0.2) is 11.1 Å². The lowest BCUT2D eigenvalue weighted by molar-refractivity contribution is 0.581. The van der Waals surface area contributed by atoms with E-state index in [2.05, 4.69) is 16.7 Å². The van der Waals surface area contributed by atoms with Crippen LogP contribution in [-0.2, 0) is 16.6 Å². The van der Waals surface area contributed by atoms with E-state index in [4.69, 9.17) is 5.73 Å². The van der Waals surface area contributed by atoms with Crippen molar-refractivity contribution < 1.29 is 8.42 Å². The first kappa shape index (κ1) is 15.3. The van der Waals surface area contributed by atoms with Crippen molar-refractivity contribution in [3.63, 3.8) is 0 Å². The smallest absolute Gasteiger partial charge is 0.245 e. The molecule has 1 rings (SSSR count). The lowest BCUT2D eigenvalue weighted by Crippen LogP contribution is -2.25. The van der Waals surface area contributed by atoms with Gasteiger partial charge in [-0.2, -0.15) is 16.9 Å². The highest BCUT2D eigenvalue weighted by molar-refractivity contribution is 7.99. The number of nitrogen functional groups attached to an aromatic ring is 1. The lowest BCUT2D eigenvalue weighted by atomic mass is 10.5. The summed E-state index contributed by atoms with van der Waals surface area (Å²) in [5.41, 5.74) is 5.60. The van der Waals surface area contributed by atoms with Crippen molar-refractivity contribution in [3.8, 4) is 0 Å². The molecule has 0 spiro atoms. The molecular weight excluding hydrogens is 272 g/mol. The summed E-state index contributed by atoms with van der Waals surface area (Å²) in [6, 6.07) is 0. The third-order valence-corrected chi connectivity index (χ3v) is 4.79. The zero-order valence-corrected chi connectivity index (χ0v) is 12.4. The normalized spacial score (nSPS) is 11.9. The van der Waals surface area contributed by atoms with E-state index in [0.29, 0.717) is 13.1 Å². The van der Waals surface area contributed by atoms with Crippen molar-refractivity contribution in [2.24, 2.45) is 0 Å². The summed E-state index contributed by atoms with van der Waals surface area (Å²) in [6.07, 6.45) is 2.26. The van der Waals surface area contributed by atoms with Crippen LogP contribution in [0.2, 0.25) is 0 Å². The zero-order valence-electron chi connectivity index (χ0n) is 10.7. The number of aryl methyl sites for hydroxylation is 1. The van der Waals surface area contributed by atoms with Crippen LogP contribution in [0.5, 0.6) is 0 Å². The van der Waals surface area contributed by atoms with Gasteiger partial charge in [-0.1, -0.05) is 6.92 Å². The SMILES string of the molecule is CCSCCCNS(=O)(=O)c1cn(CC)nc1N. The molecule has 0 radical (unpaired) electrons. The first-order valence-electron chi connectivity index (χ1n) is 5.91. The van der Waals surface area contributed by atoms with Gasteiger partial charge in [-0.25, -0.2) is 13.1 Å². The number of nitrogens with zero attached hydrogens (tertiary/aromatic N) is 2. The lowest BCUT2D eigenvalue weighted by Gasteiger charge is -2.04. The minimum Gasteiger partial charge on any atom is -0.381 e. The predicted molar refractivity (Wildman–Crippen MR) is 75.1 cm³/mol. The van der Waals surface area contributed by atoms with Gasteiger partial charge in [-0.3, -0.25) is 4.68 Å². The van der Waals surface area contributed by atoms with Gasteiger partial charge in [0, 0.05) is 19.3 Å². The van der Waals surface area contributed by atoms with Crippen LogP contribution in [-0.4, -0.2) is 36.2 Å². The number of nitrogens with one attached hydrogen (secondary N) is 1. The molecule has 6 nitrogen and oxygen atoms in total. The van der Waals surface area contributed by atoms with E-state index in [9.17, 15) is 8.42 Å². The fourth-order valence-electron chi connectivity index (χ4n) is 1.39. The highest BCUT2D eigenvalue weighted by atomic mass is 32.2. The van der Waals surface area contributed by atoms with E-state index in [1.165, 1.54) is 10.9 Å². The molecule has 0 aliphatic rings. The minimum absolute atomic E-state index is 0.0484. The number of thioether (sulfide) groups is 1. The molecule has 0 fully saturated rings. The molecule has 0 aromatic carbocycles. The first-order valence-corrected chi connectivity index (χ1v) is 8.55. The van der Waals surface area contributed by atoms with Gasteiger partial charge in [0.1, 0.15) is 4.90 Å². The molecule has 1 heterocycles. The fourth-order valence-corrected chi connectivity index (χ4v) is 3.17. The maximum atomic E-state index is 12.0. The molecule has 0 amide bonds. The molecule has 104 valence electrons. The second-order valence-electron chi connectivity index (χ2n) is 3.68. The Morgan fingerprint density at radius 2 is 2.22 bits per heavy atom. The van der Waals surface area contributed by atoms with Crippen LogP contribution in [0.3, 0.4) is 0 Å². The minimum atomic E-state index is -3.53. The van der Waals surface area contributed by atoms with Crippen molar-refractivity contribution >= 4 is 27.6 Å². The molecule has 8 heteroatoms. The maximum absolute atomic E-state index is 12.0. The van der Waals surface area contributed by atoms with E-state index >= 15 is 0 Å². The highest BCUT2D eigenvalue weighted by Gasteiger charge is 2.20. The number of aromatic nitrogens is 2. The first-order chi connectivity index (χ1) is 8.51. The Labute approximate surface area is 112 Å². The average Bonchev–Trinajstić information content (AvgIpc) is 2.71. The summed E-state index contributed by atoms with van der Waals surface area (Å²) in [4.78, 5) is 0.0625. The van der Waals surface area contributed by atoms with Gasteiger partial charge in [-0.05, 0) is 24.9 Å². The Bertz CT molecular complexity index is 470. The molecule has 0 atom stereocenters. The van der Waals surface area contributed by atoms with E-state index in [1.807, 2.05) is 6.92 Å². The van der Waals surface area contributed by atoms with E-state index in [1.54, 1.807) is 11.8 Å². The molecule has 0 saturated heterocycles. The van der Waals surface area contributed by atoms with Crippen LogP contribution in [0.25, 0.3) is 0 Å². The Morgan fingerprint density at radius 3 is 2.78 bits per heavy atom. The number of anilines is 1. The van der Waals surface area contributed by atoms with Crippen LogP contribution < -0.4 is 10.5 Å². The van der Waals surface area contributed by atoms with Gasteiger partial charge in [0.2, 0.25) is 10.0 Å². The molecule has 0 aliphatic heterocycles. The second kappa shape index (κ2) is 7.01. The Kier molecular flexibility index (Phi) is 5.97. The topological polar surface area (TPSA) is 90.0 Å². The summed E-state index contributed by atoms with van der Waals surface area (Å²) < 4.78 is 28.0. The molecule has 0 bridgehead atoms. The van der Waals surface area contributed by atoms with E-state index < -0.39 is 10.0 Å². The van der Waals surface area contributed by atoms with Crippen molar-refractivity contribution in [2.75, 3.05) is 23.8 Å². The van der Waals surface area contributed by atoms with Gasteiger partial charge >= 0.3 is 0 Å². The average molecular weight is 292 g/mol. The van der Waals surface area contributed by atoms with Gasteiger partial charge < -0.3 is 5.73 Å². The fraction of sp³-hybridized carbons (Fsp3) is 0.700. The molecular formula is C10H20N4O2S2. The van der Waals surface area contributed by atoms with Crippen molar-refractivity contribution in [1.82, 2.24) is 14.5 Å². The van der Waals surface area contributed by atoms with Crippen molar-refractivity contribution in [1.29, 1.82) is 0 Å². The van der Waals surface area contributed by atoms with Gasteiger partial charge in [0.25, 0.3) is 0 Å². The molecule has 1 aromatic rings. The Hall–Kier alpha value is -0.730. The molecule has 1 aromatic heterocycles. The molecule has 0 unspecified atom stereocenters. The Morgan fingerprint density at radius 1 is 1.50 bits per heavy atom. The second-order valence-corrected chi connectivity index (χ2v) is 6.81. The van der Waals surface area contributed by atoms with E-state index in [-0.39, 0.29) is 10.7 Å². The molecule has 0 saturated carbocycles. The predicted octanol–water partition coefficient (Wildman–Crippen LogP) is 0.907. The summed E-state index contributed by atoms with van der Waals surface area (Å²) in [5.74, 6) is 2.04. The third kappa shape index (κ3) is 4.18. The zero-order chi connectivity index (χ0) is 13.6. The Balaban J connectivity index is 2.60. The van der Waals surface area contributed by atoms with Gasteiger partial charge in [0.05, 0.1) is 0 Å². The highest BCUT2D eigenvalue weighted by Crippen LogP contribution is 2.15. The quantitative estimate of drug-likeness (QED) is 0.695. The van der Waals surface area contributed by atoms with Crippen LogP contribution in [0, 0.1) is 0 Å². The largest absolute Gasteiger partial charge is 0.381 e. The summed E-state index contributed by atoms with van der Waals surface area (Å²) in [6.45, 7) is 4.96. The maximum Gasteiger partial charge on any atom is 0.245 e. The third-order valence-electron chi connectivity index (χ3n) is 2.33. The summed E-state index contributed by atoms with van der Waals surface area (Å²) in [7, 11) is -3.53. The number of hydrogen-bond donors (Lipinski definition) is 2. The number of hydrogen-bond acceptors (Lipinski definition) is 5. The van der Waals surface area contributed by atoms with Gasteiger partial charge in [-0.15, -0.1) is 0 Å². The summed E-state index contributed by atoms with van der Waals surface area (Å²) >= 11 is 1.79. The number of nitrogens with two attached hydrogens (primary N) is 1. The van der Waals surface area contributed by atoms with Crippen LogP contribution in [0.4, 0.5) is 5.82 Å². The monoisotopic (exact) mass is 292 g/mol. The van der Waals surface area contributed by atoms with Crippen molar-refractivity contribution in [3.05, 3.63) is 6.20 Å². The van der Waals surface area contributed by atoms with Gasteiger partial charge in [0.15, 0.2) is 5.82 Å². The molecule has 3 N–H and O–H groups in total. The molecule has 18 heavy (non-hydrogen) atoms. The van der Waals surface area contributed by atoms with E-state index in [0.717, 1.165) is 17.9 Å². The van der Waals surface area contributed by atoms with Crippen molar-refractivity contribution in [2.45, 2.75) is 31.7 Å². The molecule has 0 aliphatic carbocycles. The van der Waals surface area contributed by atoms with Crippen LogP contribution in [0.1, 0.15) is 20.3 Å². The standard InChI is InChI=1S/C10H20N4O2S2/c1-3-14-8-9(10(11)13-14)18(15,16)12-6-5-7-17-4-2/h8,12H,3-7H2,1-2H3,(H2,11,13). The van der Waals surface area contributed by atoms with Crippen LogP contribution >= 0.6 is 11.8 Å². The summed E-state index contributed by atoms with van der Waals surface area (Å²) in [5, 5.41) is 3.92.